The highest BCUT2D eigenvalue weighted by Gasteiger charge is 2.14. The van der Waals surface area contributed by atoms with Crippen molar-refractivity contribution in [3.8, 4) is 18.1 Å². The highest BCUT2D eigenvalue weighted by molar-refractivity contribution is 7.99. The third kappa shape index (κ3) is 4.74. The quantitative estimate of drug-likeness (QED) is 0.363. The predicted octanol–water partition coefficient (Wildman–Crippen LogP) is 1.58. The SMILES string of the molecule is C#CCSCCNC(=O)Nc1cccc(C(=O)O)c1O. The summed E-state index contributed by atoms with van der Waals surface area (Å²) in [4.78, 5) is 22.4. The Morgan fingerprint density at radius 1 is 1.40 bits per heavy atom. The Labute approximate surface area is 120 Å². The van der Waals surface area contributed by atoms with Gasteiger partial charge in [-0.3, -0.25) is 0 Å². The molecule has 0 aliphatic rings. The van der Waals surface area contributed by atoms with Crippen LogP contribution in [0.4, 0.5) is 10.5 Å². The second-order valence-corrected chi connectivity index (χ2v) is 4.75. The zero-order valence-electron chi connectivity index (χ0n) is 10.5. The van der Waals surface area contributed by atoms with Crippen LogP contribution in [0, 0.1) is 12.3 Å². The van der Waals surface area contributed by atoms with E-state index in [2.05, 4.69) is 16.6 Å². The van der Waals surface area contributed by atoms with Gasteiger partial charge >= 0.3 is 12.0 Å². The third-order valence-corrected chi connectivity index (χ3v) is 3.10. The van der Waals surface area contributed by atoms with E-state index in [0.29, 0.717) is 18.1 Å². The molecular weight excluding hydrogens is 280 g/mol. The molecular formula is C13H14N2O4S. The van der Waals surface area contributed by atoms with Gasteiger partial charge in [0.2, 0.25) is 0 Å². The van der Waals surface area contributed by atoms with Crippen molar-refractivity contribution in [3.05, 3.63) is 23.8 Å². The zero-order chi connectivity index (χ0) is 15.0. The molecule has 1 aromatic carbocycles. The van der Waals surface area contributed by atoms with Gasteiger partial charge in [0.25, 0.3) is 0 Å². The lowest BCUT2D eigenvalue weighted by molar-refractivity contribution is 0.0693. The van der Waals surface area contributed by atoms with E-state index in [1.165, 1.54) is 30.0 Å². The first-order chi connectivity index (χ1) is 9.56. The highest BCUT2D eigenvalue weighted by Crippen LogP contribution is 2.27. The van der Waals surface area contributed by atoms with E-state index in [-0.39, 0.29) is 11.3 Å². The van der Waals surface area contributed by atoms with E-state index in [1.807, 2.05) is 0 Å². The van der Waals surface area contributed by atoms with Crippen molar-refractivity contribution in [1.29, 1.82) is 0 Å². The molecule has 7 heteroatoms. The number of phenols is 1. The molecule has 1 aromatic rings. The van der Waals surface area contributed by atoms with Crippen LogP contribution >= 0.6 is 11.8 Å². The summed E-state index contributed by atoms with van der Waals surface area (Å²) in [6.07, 6.45) is 5.08. The minimum absolute atomic E-state index is 0.0404. The molecule has 0 saturated carbocycles. The Morgan fingerprint density at radius 2 is 2.15 bits per heavy atom. The molecule has 0 radical (unpaired) electrons. The molecule has 0 aromatic heterocycles. The van der Waals surface area contributed by atoms with Gasteiger partial charge in [-0.25, -0.2) is 9.59 Å². The van der Waals surface area contributed by atoms with Crippen molar-refractivity contribution >= 4 is 29.4 Å². The van der Waals surface area contributed by atoms with E-state index in [1.54, 1.807) is 0 Å². The van der Waals surface area contributed by atoms with Crippen LogP contribution in [0.15, 0.2) is 18.2 Å². The van der Waals surface area contributed by atoms with Crippen molar-refractivity contribution in [2.45, 2.75) is 0 Å². The number of hydrogen-bond donors (Lipinski definition) is 4. The standard InChI is InChI=1S/C13H14N2O4S/c1-2-7-20-8-6-14-13(19)15-10-5-3-4-9(11(10)16)12(17)18/h1,3-5,16H,6-8H2,(H,17,18)(H2,14,15,19). The van der Waals surface area contributed by atoms with E-state index >= 15 is 0 Å². The number of urea groups is 1. The van der Waals surface area contributed by atoms with E-state index < -0.39 is 17.7 Å². The molecule has 6 nitrogen and oxygen atoms in total. The molecule has 0 aliphatic carbocycles. The Balaban J connectivity index is 2.52. The number of thioether (sulfide) groups is 1. The van der Waals surface area contributed by atoms with Crippen LogP contribution in [0.2, 0.25) is 0 Å². The molecule has 0 unspecified atom stereocenters. The molecule has 0 atom stereocenters. The van der Waals surface area contributed by atoms with Gasteiger partial charge in [0, 0.05) is 12.3 Å². The van der Waals surface area contributed by atoms with Crippen molar-refractivity contribution in [3.63, 3.8) is 0 Å². The van der Waals surface area contributed by atoms with Crippen LogP contribution in [0.5, 0.6) is 5.75 Å². The second kappa shape index (κ2) is 7.96. The summed E-state index contributed by atoms with van der Waals surface area (Å²) in [7, 11) is 0. The number of amides is 2. The molecule has 20 heavy (non-hydrogen) atoms. The van der Waals surface area contributed by atoms with Crippen LogP contribution in [0.3, 0.4) is 0 Å². The van der Waals surface area contributed by atoms with E-state index in [4.69, 9.17) is 11.5 Å². The fourth-order valence-electron chi connectivity index (χ4n) is 1.35. The lowest BCUT2D eigenvalue weighted by atomic mass is 10.2. The minimum atomic E-state index is -1.27. The number of carbonyl (C=O) groups is 2. The van der Waals surface area contributed by atoms with Gasteiger partial charge in [-0.1, -0.05) is 12.0 Å². The maximum atomic E-state index is 11.5. The first kappa shape index (κ1) is 15.7. The zero-order valence-corrected chi connectivity index (χ0v) is 11.4. The Bertz CT molecular complexity index is 540. The van der Waals surface area contributed by atoms with Gasteiger partial charge in [-0.15, -0.1) is 18.2 Å². The first-order valence-corrected chi connectivity index (χ1v) is 6.83. The van der Waals surface area contributed by atoms with Gasteiger partial charge < -0.3 is 20.8 Å². The summed E-state index contributed by atoms with van der Waals surface area (Å²) in [5.74, 6) is 1.96. The highest BCUT2D eigenvalue weighted by atomic mass is 32.2. The molecule has 2 amide bonds. The van der Waals surface area contributed by atoms with Gasteiger partial charge in [0.15, 0.2) is 5.75 Å². The van der Waals surface area contributed by atoms with Crippen LogP contribution < -0.4 is 10.6 Å². The molecule has 0 spiro atoms. The summed E-state index contributed by atoms with van der Waals surface area (Å²) in [5.41, 5.74) is -0.231. The molecule has 0 saturated heterocycles. The fraction of sp³-hybridized carbons (Fsp3) is 0.231. The summed E-state index contributed by atoms with van der Waals surface area (Å²) in [5, 5.41) is 23.5. The second-order valence-electron chi connectivity index (χ2n) is 3.64. The fourth-order valence-corrected chi connectivity index (χ4v) is 1.86. The summed E-state index contributed by atoms with van der Waals surface area (Å²) < 4.78 is 0. The molecule has 1 rings (SSSR count). The largest absolute Gasteiger partial charge is 0.505 e. The average molecular weight is 294 g/mol. The number of nitrogens with one attached hydrogen (secondary N) is 2. The number of carboxylic acid groups (broad SMARTS) is 1. The number of para-hydroxylation sites is 1. The Morgan fingerprint density at radius 3 is 2.80 bits per heavy atom. The number of carboxylic acids is 1. The number of aromatic hydroxyl groups is 1. The molecule has 0 bridgehead atoms. The molecule has 106 valence electrons. The number of benzene rings is 1. The third-order valence-electron chi connectivity index (χ3n) is 2.23. The lowest BCUT2D eigenvalue weighted by Gasteiger charge is -2.10. The topological polar surface area (TPSA) is 98.7 Å². The molecule has 0 fully saturated rings. The van der Waals surface area contributed by atoms with E-state index in [0.717, 1.165) is 0 Å². The normalized spacial score (nSPS) is 9.55. The van der Waals surface area contributed by atoms with Gasteiger partial charge in [-0.05, 0) is 12.1 Å². The summed E-state index contributed by atoms with van der Waals surface area (Å²) in [6, 6.07) is 3.57. The van der Waals surface area contributed by atoms with Crippen LogP contribution in [-0.2, 0) is 0 Å². The number of carbonyl (C=O) groups excluding carboxylic acids is 1. The maximum absolute atomic E-state index is 11.5. The van der Waals surface area contributed by atoms with Crippen molar-refractivity contribution in [1.82, 2.24) is 5.32 Å². The van der Waals surface area contributed by atoms with Gasteiger partial charge in [0.1, 0.15) is 5.56 Å². The van der Waals surface area contributed by atoms with Crippen LogP contribution in [0.25, 0.3) is 0 Å². The van der Waals surface area contributed by atoms with Crippen molar-refractivity contribution in [2.24, 2.45) is 0 Å². The number of hydrogen-bond acceptors (Lipinski definition) is 4. The van der Waals surface area contributed by atoms with Crippen molar-refractivity contribution in [2.75, 3.05) is 23.4 Å². The molecule has 0 aliphatic heterocycles. The molecule has 4 N–H and O–H groups in total. The number of aromatic carboxylic acids is 1. The Kier molecular flexibility index (Phi) is 6.26. The first-order valence-electron chi connectivity index (χ1n) is 5.67. The average Bonchev–Trinajstić information content (AvgIpc) is 2.40. The minimum Gasteiger partial charge on any atom is -0.505 e. The number of anilines is 1. The predicted molar refractivity (Wildman–Crippen MR) is 78.2 cm³/mol. The number of terminal acetylenes is 1. The van der Waals surface area contributed by atoms with E-state index in [9.17, 15) is 14.7 Å². The molecule has 0 heterocycles. The monoisotopic (exact) mass is 294 g/mol. The van der Waals surface area contributed by atoms with Crippen LogP contribution in [-0.4, -0.2) is 40.3 Å². The van der Waals surface area contributed by atoms with Gasteiger partial charge in [0.05, 0.1) is 11.4 Å². The lowest BCUT2D eigenvalue weighted by Crippen LogP contribution is -2.30. The van der Waals surface area contributed by atoms with Crippen molar-refractivity contribution < 1.29 is 19.8 Å². The summed E-state index contributed by atoms with van der Waals surface area (Å²) in [6.45, 7) is 0.414. The van der Waals surface area contributed by atoms with Crippen LogP contribution in [0.1, 0.15) is 10.4 Å². The Hall–Kier alpha value is -2.33. The maximum Gasteiger partial charge on any atom is 0.339 e. The summed E-state index contributed by atoms with van der Waals surface area (Å²) >= 11 is 1.51. The van der Waals surface area contributed by atoms with Gasteiger partial charge in [-0.2, -0.15) is 0 Å². The number of rotatable bonds is 6. The smallest absolute Gasteiger partial charge is 0.339 e.